The number of nitrogens with one attached hydrogen (secondary N) is 1. The molecule has 7 heteroatoms. The monoisotopic (exact) mass is 326 g/mol. The molecular weight excluding hydrogens is 319 g/mol. The molecule has 0 fully saturated rings. The molecule has 1 aromatic heterocycles. The molecule has 0 aliphatic rings. The molecule has 98 valence electrons. The van der Waals surface area contributed by atoms with Crippen LogP contribution in [0.3, 0.4) is 0 Å². The van der Waals surface area contributed by atoms with Crippen LogP contribution in [0.4, 0.5) is 4.39 Å². The van der Waals surface area contributed by atoms with Gasteiger partial charge in [-0.25, -0.2) is 14.2 Å². The van der Waals surface area contributed by atoms with Crippen molar-refractivity contribution in [3.8, 4) is 11.4 Å². The Bertz CT molecular complexity index is 727. The van der Waals surface area contributed by atoms with E-state index in [1.54, 1.807) is 6.07 Å². The maximum Gasteiger partial charge on any atom is 0.343 e. The first kappa shape index (κ1) is 13.4. The van der Waals surface area contributed by atoms with Gasteiger partial charge in [-0.3, -0.25) is 4.79 Å². The van der Waals surface area contributed by atoms with Crippen molar-refractivity contribution in [3.63, 3.8) is 0 Å². The summed E-state index contributed by atoms with van der Waals surface area (Å²) in [6.45, 7) is 1.41. The second-order valence-electron chi connectivity index (χ2n) is 3.78. The molecule has 2 rings (SSSR count). The lowest BCUT2D eigenvalue weighted by Gasteiger charge is -2.06. The zero-order valence-corrected chi connectivity index (χ0v) is 11.3. The molecule has 0 unspecified atom stereocenters. The SMILES string of the molecule is Cc1nc(-c2cccc(F)c2Br)[nH]c(=O)c1C(=O)O. The minimum atomic E-state index is -1.35. The topological polar surface area (TPSA) is 83.0 Å². The summed E-state index contributed by atoms with van der Waals surface area (Å²) in [6, 6.07) is 4.28. The van der Waals surface area contributed by atoms with Crippen LogP contribution in [0.5, 0.6) is 0 Å². The molecule has 0 bridgehead atoms. The Kier molecular flexibility index (Phi) is 3.48. The predicted octanol–water partition coefficient (Wildman–Crippen LogP) is 2.35. The van der Waals surface area contributed by atoms with Crippen LogP contribution in [0, 0.1) is 12.7 Å². The number of H-pyrrole nitrogens is 1. The van der Waals surface area contributed by atoms with Gasteiger partial charge in [0.25, 0.3) is 5.56 Å². The Morgan fingerprint density at radius 3 is 2.74 bits per heavy atom. The maximum absolute atomic E-state index is 13.4. The molecule has 0 atom stereocenters. The number of carbonyl (C=O) groups is 1. The molecule has 0 amide bonds. The Hall–Kier alpha value is -2.02. The van der Waals surface area contributed by atoms with E-state index in [9.17, 15) is 14.0 Å². The minimum Gasteiger partial charge on any atom is -0.477 e. The first-order chi connectivity index (χ1) is 8.91. The number of hydrogen-bond donors (Lipinski definition) is 2. The van der Waals surface area contributed by atoms with E-state index in [1.807, 2.05) is 0 Å². The maximum atomic E-state index is 13.4. The molecule has 1 heterocycles. The number of aromatic nitrogens is 2. The second-order valence-corrected chi connectivity index (χ2v) is 4.57. The second kappa shape index (κ2) is 4.93. The van der Waals surface area contributed by atoms with Crippen LogP contribution in [-0.2, 0) is 0 Å². The van der Waals surface area contributed by atoms with E-state index >= 15 is 0 Å². The lowest BCUT2D eigenvalue weighted by molar-refractivity contribution is 0.0693. The number of rotatable bonds is 2. The fourth-order valence-corrected chi connectivity index (χ4v) is 2.10. The molecule has 2 N–H and O–H groups in total. The van der Waals surface area contributed by atoms with Crippen molar-refractivity contribution in [2.45, 2.75) is 6.92 Å². The standard InChI is InChI=1S/C12H8BrFN2O3/c1-5-8(12(18)19)11(17)16-10(15-5)6-3-2-4-7(14)9(6)13/h2-4H,1H3,(H,18,19)(H,15,16,17). The van der Waals surface area contributed by atoms with E-state index in [4.69, 9.17) is 5.11 Å². The van der Waals surface area contributed by atoms with Gasteiger partial charge in [0.1, 0.15) is 17.2 Å². The van der Waals surface area contributed by atoms with Gasteiger partial charge < -0.3 is 10.1 Å². The summed E-state index contributed by atoms with van der Waals surface area (Å²) in [5.41, 5.74) is -0.776. The highest BCUT2D eigenvalue weighted by atomic mass is 79.9. The molecule has 2 aromatic rings. The number of aryl methyl sites for hydroxylation is 1. The average molecular weight is 327 g/mol. The largest absolute Gasteiger partial charge is 0.477 e. The van der Waals surface area contributed by atoms with Crippen LogP contribution >= 0.6 is 15.9 Å². The fourth-order valence-electron chi connectivity index (χ4n) is 1.65. The number of nitrogens with zero attached hydrogens (tertiary/aromatic N) is 1. The van der Waals surface area contributed by atoms with E-state index in [2.05, 4.69) is 25.9 Å². The summed E-state index contributed by atoms with van der Waals surface area (Å²) in [7, 11) is 0. The van der Waals surface area contributed by atoms with E-state index in [0.29, 0.717) is 5.56 Å². The molecule has 0 aliphatic heterocycles. The zero-order chi connectivity index (χ0) is 14.2. The van der Waals surface area contributed by atoms with Crippen LogP contribution in [0.25, 0.3) is 11.4 Å². The fraction of sp³-hybridized carbons (Fsp3) is 0.0833. The molecule has 1 aromatic carbocycles. The lowest BCUT2D eigenvalue weighted by atomic mass is 10.2. The average Bonchev–Trinajstić information content (AvgIpc) is 2.31. The van der Waals surface area contributed by atoms with Crippen LogP contribution in [0.2, 0.25) is 0 Å². The van der Waals surface area contributed by atoms with Crippen molar-refractivity contribution in [3.05, 3.63) is 50.1 Å². The number of hydrogen-bond acceptors (Lipinski definition) is 3. The van der Waals surface area contributed by atoms with E-state index < -0.39 is 22.9 Å². The molecule has 5 nitrogen and oxygen atoms in total. The zero-order valence-electron chi connectivity index (χ0n) is 9.70. The number of halogens is 2. The van der Waals surface area contributed by atoms with Crippen molar-refractivity contribution in [2.75, 3.05) is 0 Å². The third kappa shape index (κ3) is 2.41. The van der Waals surface area contributed by atoms with Crippen molar-refractivity contribution in [1.29, 1.82) is 0 Å². The van der Waals surface area contributed by atoms with Crippen molar-refractivity contribution in [2.24, 2.45) is 0 Å². The number of benzene rings is 1. The van der Waals surface area contributed by atoms with Crippen LogP contribution in [0.1, 0.15) is 16.1 Å². The number of aromatic amines is 1. The molecule has 19 heavy (non-hydrogen) atoms. The molecule has 0 aliphatic carbocycles. The Morgan fingerprint density at radius 1 is 1.47 bits per heavy atom. The van der Waals surface area contributed by atoms with Gasteiger partial charge in [0.05, 0.1) is 10.2 Å². The number of carboxylic acid groups (broad SMARTS) is 1. The minimum absolute atomic E-state index is 0.0717. The van der Waals surface area contributed by atoms with Crippen molar-refractivity contribution in [1.82, 2.24) is 9.97 Å². The Balaban J connectivity index is 2.69. The summed E-state index contributed by atoms with van der Waals surface area (Å²) < 4.78 is 13.6. The van der Waals surface area contributed by atoms with Gasteiger partial charge in [-0.05, 0) is 35.0 Å². The van der Waals surface area contributed by atoms with E-state index in [0.717, 1.165) is 0 Å². The Labute approximate surface area is 115 Å². The number of aromatic carboxylic acids is 1. The van der Waals surface area contributed by atoms with Gasteiger partial charge in [-0.1, -0.05) is 6.07 Å². The summed E-state index contributed by atoms with van der Waals surface area (Å²) >= 11 is 3.06. The van der Waals surface area contributed by atoms with Crippen LogP contribution in [-0.4, -0.2) is 21.0 Å². The van der Waals surface area contributed by atoms with E-state index in [-0.39, 0.29) is 16.0 Å². The first-order valence-corrected chi connectivity index (χ1v) is 5.99. The van der Waals surface area contributed by atoms with Gasteiger partial charge in [0.15, 0.2) is 0 Å². The van der Waals surface area contributed by atoms with Crippen LogP contribution < -0.4 is 5.56 Å². The summed E-state index contributed by atoms with van der Waals surface area (Å²) in [5.74, 6) is -1.74. The summed E-state index contributed by atoms with van der Waals surface area (Å²) in [4.78, 5) is 28.9. The third-order valence-electron chi connectivity index (χ3n) is 2.52. The molecule has 0 saturated carbocycles. The summed E-state index contributed by atoms with van der Waals surface area (Å²) in [6.07, 6.45) is 0. The van der Waals surface area contributed by atoms with Gasteiger partial charge in [-0.2, -0.15) is 0 Å². The van der Waals surface area contributed by atoms with Gasteiger partial charge in [0, 0.05) is 5.56 Å². The normalized spacial score (nSPS) is 10.5. The quantitative estimate of drug-likeness (QED) is 0.887. The van der Waals surface area contributed by atoms with Crippen molar-refractivity contribution < 1.29 is 14.3 Å². The van der Waals surface area contributed by atoms with Gasteiger partial charge in [0.2, 0.25) is 0 Å². The predicted molar refractivity (Wildman–Crippen MR) is 69.6 cm³/mol. The van der Waals surface area contributed by atoms with E-state index in [1.165, 1.54) is 19.1 Å². The molecule has 0 radical (unpaired) electrons. The highest BCUT2D eigenvalue weighted by Gasteiger charge is 2.17. The highest BCUT2D eigenvalue weighted by Crippen LogP contribution is 2.27. The lowest BCUT2D eigenvalue weighted by Crippen LogP contribution is -2.21. The third-order valence-corrected chi connectivity index (χ3v) is 3.33. The molecular formula is C12H8BrFN2O3. The smallest absolute Gasteiger partial charge is 0.343 e. The summed E-state index contributed by atoms with van der Waals surface area (Å²) in [5, 5.41) is 8.88. The highest BCUT2D eigenvalue weighted by molar-refractivity contribution is 9.10. The Morgan fingerprint density at radius 2 is 2.16 bits per heavy atom. The van der Waals surface area contributed by atoms with Gasteiger partial charge >= 0.3 is 5.97 Å². The molecule has 0 spiro atoms. The van der Waals surface area contributed by atoms with Gasteiger partial charge in [-0.15, -0.1) is 0 Å². The number of carboxylic acids is 1. The van der Waals surface area contributed by atoms with Crippen LogP contribution in [0.15, 0.2) is 27.5 Å². The van der Waals surface area contributed by atoms with Crippen molar-refractivity contribution >= 4 is 21.9 Å². The first-order valence-electron chi connectivity index (χ1n) is 5.20. The molecule has 0 saturated heterocycles.